The molecule has 2 rings (SSSR count). The monoisotopic (exact) mass is 247 g/mol. The van der Waals surface area contributed by atoms with Crippen molar-refractivity contribution >= 4 is 5.78 Å². The molecule has 1 aromatic carbocycles. The van der Waals surface area contributed by atoms with Gasteiger partial charge in [-0.3, -0.25) is 4.79 Å². The average molecular weight is 247 g/mol. The summed E-state index contributed by atoms with van der Waals surface area (Å²) < 4.78 is 10.1. The normalized spacial score (nSPS) is 10.1. The molecule has 5 nitrogen and oxygen atoms in total. The lowest BCUT2D eigenvalue weighted by Crippen LogP contribution is -2.03. The second-order valence-corrected chi connectivity index (χ2v) is 3.61. The van der Waals surface area contributed by atoms with Gasteiger partial charge in [0.1, 0.15) is 0 Å². The maximum atomic E-state index is 12.1. The fourth-order valence-electron chi connectivity index (χ4n) is 1.71. The van der Waals surface area contributed by atoms with Gasteiger partial charge < -0.3 is 19.6 Å². The molecular formula is C13H13NO4. The summed E-state index contributed by atoms with van der Waals surface area (Å²) in [6, 6.07) is 6.43. The van der Waals surface area contributed by atoms with E-state index in [0.717, 1.165) is 0 Å². The van der Waals surface area contributed by atoms with Crippen LogP contribution in [-0.4, -0.2) is 30.1 Å². The molecule has 0 spiro atoms. The standard InChI is InChI=1S/C13H13NO4/c1-17-10-6-5-8(12(16)13(10)18-2)11(15)9-4-3-7-14-9/h3-7,14,16H,1-2H3. The summed E-state index contributed by atoms with van der Waals surface area (Å²) in [6.45, 7) is 0. The van der Waals surface area contributed by atoms with Crippen molar-refractivity contribution in [1.82, 2.24) is 4.98 Å². The molecule has 18 heavy (non-hydrogen) atoms. The number of methoxy groups -OCH3 is 2. The van der Waals surface area contributed by atoms with E-state index in [4.69, 9.17) is 9.47 Å². The Morgan fingerprint density at radius 3 is 2.56 bits per heavy atom. The number of phenols is 1. The quantitative estimate of drug-likeness (QED) is 0.810. The number of aromatic amines is 1. The Balaban J connectivity index is 2.50. The number of phenolic OH excluding ortho intramolecular Hbond substituents is 1. The van der Waals surface area contributed by atoms with Crippen molar-refractivity contribution in [3.05, 3.63) is 41.7 Å². The fraction of sp³-hybridized carbons (Fsp3) is 0.154. The minimum Gasteiger partial charge on any atom is -0.504 e. The topological polar surface area (TPSA) is 71.6 Å². The molecule has 0 aliphatic carbocycles. The largest absolute Gasteiger partial charge is 0.504 e. The van der Waals surface area contributed by atoms with E-state index in [1.165, 1.54) is 20.3 Å². The molecule has 0 aliphatic rings. The highest BCUT2D eigenvalue weighted by atomic mass is 16.5. The predicted molar refractivity (Wildman–Crippen MR) is 65.4 cm³/mol. The van der Waals surface area contributed by atoms with Gasteiger partial charge in [-0.25, -0.2) is 0 Å². The molecule has 2 N–H and O–H groups in total. The van der Waals surface area contributed by atoms with Crippen LogP contribution in [-0.2, 0) is 0 Å². The first kappa shape index (κ1) is 12.0. The first-order valence-electron chi connectivity index (χ1n) is 5.31. The first-order chi connectivity index (χ1) is 8.69. The maximum Gasteiger partial charge on any atom is 0.213 e. The van der Waals surface area contributed by atoms with Gasteiger partial charge in [0.25, 0.3) is 0 Å². The van der Waals surface area contributed by atoms with Crippen molar-refractivity contribution in [2.75, 3.05) is 14.2 Å². The molecule has 0 saturated heterocycles. The lowest BCUT2D eigenvalue weighted by atomic mass is 10.1. The van der Waals surface area contributed by atoms with Crippen LogP contribution in [0.25, 0.3) is 0 Å². The minimum atomic E-state index is -0.307. The Hall–Kier alpha value is -2.43. The summed E-state index contributed by atoms with van der Waals surface area (Å²) in [4.78, 5) is 14.9. The Bertz CT molecular complexity index is 561. The van der Waals surface area contributed by atoms with E-state index in [2.05, 4.69) is 4.98 Å². The Labute approximate surface area is 104 Å². The van der Waals surface area contributed by atoms with Crippen molar-refractivity contribution in [2.24, 2.45) is 0 Å². The molecule has 0 fully saturated rings. The molecule has 1 aromatic heterocycles. The smallest absolute Gasteiger partial charge is 0.213 e. The zero-order chi connectivity index (χ0) is 13.1. The highest BCUT2D eigenvalue weighted by Gasteiger charge is 2.20. The molecule has 2 aromatic rings. The van der Waals surface area contributed by atoms with Crippen molar-refractivity contribution in [1.29, 1.82) is 0 Å². The number of hydrogen-bond acceptors (Lipinski definition) is 4. The molecule has 0 bridgehead atoms. The van der Waals surface area contributed by atoms with Gasteiger partial charge in [0.15, 0.2) is 11.5 Å². The number of ether oxygens (including phenoxy) is 2. The van der Waals surface area contributed by atoms with E-state index in [1.54, 1.807) is 24.4 Å². The number of carbonyl (C=O) groups excluding carboxylic acids is 1. The Morgan fingerprint density at radius 1 is 1.22 bits per heavy atom. The fourth-order valence-corrected chi connectivity index (χ4v) is 1.71. The van der Waals surface area contributed by atoms with E-state index in [0.29, 0.717) is 11.4 Å². The van der Waals surface area contributed by atoms with Gasteiger partial charge in [0.2, 0.25) is 11.5 Å². The third-order valence-electron chi connectivity index (χ3n) is 2.61. The summed E-state index contributed by atoms with van der Waals surface area (Å²) in [5, 5.41) is 10.0. The van der Waals surface area contributed by atoms with E-state index in [9.17, 15) is 9.90 Å². The van der Waals surface area contributed by atoms with E-state index < -0.39 is 0 Å². The molecule has 0 atom stereocenters. The summed E-state index contributed by atoms with van der Waals surface area (Å²) in [7, 11) is 2.87. The molecule has 94 valence electrons. The maximum absolute atomic E-state index is 12.1. The molecular weight excluding hydrogens is 234 g/mol. The summed E-state index contributed by atoms with van der Waals surface area (Å²) in [5.74, 6) is -0.0113. The summed E-state index contributed by atoms with van der Waals surface area (Å²) in [6.07, 6.45) is 1.64. The van der Waals surface area contributed by atoms with E-state index >= 15 is 0 Å². The summed E-state index contributed by atoms with van der Waals surface area (Å²) in [5.41, 5.74) is 0.563. The van der Waals surface area contributed by atoms with Crippen LogP contribution in [0.4, 0.5) is 0 Å². The number of hydrogen-bond donors (Lipinski definition) is 2. The number of ketones is 1. The van der Waals surface area contributed by atoms with Crippen LogP contribution in [0.2, 0.25) is 0 Å². The molecule has 0 amide bonds. The predicted octanol–water partition coefficient (Wildman–Crippen LogP) is 1.97. The Morgan fingerprint density at radius 2 is 2.00 bits per heavy atom. The number of aromatic hydroxyl groups is 1. The minimum absolute atomic E-state index is 0.148. The van der Waals surface area contributed by atoms with Crippen LogP contribution < -0.4 is 9.47 Å². The third-order valence-corrected chi connectivity index (χ3v) is 2.61. The molecule has 0 aliphatic heterocycles. The van der Waals surface area contributed by atoms with E-state index in [1.807, 2.05) is 0 Å². The Kier molecular flexibility index (Phi) is 3.23. The number of nitrogens with one attached hydrogen (secondary N) is 1. The van der Waals surface area contributed by atoms with E-state index in [-0.39, 0.29) is 22.8 Å². The van der Waals surface area contributed by atoms with Crippen molar-refractivity contribution in [3.8, 4) is 17.2 Å². The SMILES string of the molecule is COc1ccc(C(=O)c2ccc[nH]2)c(O)c1OC. The van der Waals surface area contributed by atoms with Crippen LogP contribution in [0.1, 0.15) is 16.1 Å². The number of aromatic nitrogens is 1. The molecule has 5 heteroatoms. The molecule has 0 unspecified atom stereocenters. The second kappa shape index (κ2) is 4.83. The second-order valence-electron chi connectivity index (χ2n) is 3.61. The number of rotatable bonds is 4. The van der Waals surface area contributed by atoms with Gasteiger partial charge in [-0.2, -0.15) is 0 Å². The van der Waals surface area contributed by atoms with Crippen molar-refractivity contribution in [2.45, 2.75) is 0 Å². The summed E-state index contributed by atoms with van der Waals surface area (Å²) >= 11 is 0. The van der Waals surface area contributed by atoms with Gasteiger partial charge in [0, 0.05) is 6.20 Å². The van der Waals surface area contributed by atoms with Crippen LogP contribution in [0, 0.1) is 0 Å². The van der Waals surface area contributed by atoms with Crippen LogP contribution in [0.15, 0.2) is 30.5 Å². The van der Waals surface area contributed by atoms with Crippen molar-refractivity contribution in [3.63, 3.8) is 0 Å². The lowest BCUT2D eigenvalue weighted by molar-refractivity contribution is 0.103. The van der Waals surface area contributed by atoms with Gasteiger partial charge in [-0.05, 0) is 24.3 Å². The molecule has 0 saturated carbocycles. The van der Waals surface area contributed by atoms with Crippen molar-refractivity contribution < 1.29 is 19.4 Å². The van der Waals surface area contributed by atoms with Gasteiger partial charge in [-0.1, -0.05) is 0 Å². The molecule has 1 heterocycles. The first-order valence-corrected chi connectivity index (χ1v) is 5.31. The molecule has 0 radical (unpaired) electrons. The number of benzene rings is 1. The average Bonchev–Trinajstić information content (AvgIpc) is 2.91. The van der Waals surface area contributed by atoms with Crippen LogP contribution in [0.3, 0.4) is 0 Å². The third kappa shape index (κ3) is 1.90. The van der Waals surface area contributed by atoms with Gasteiger partial charge in [-0.15, -0.1) is 0 Å². The highest BCUT2D eigenvalue weighted by molar-refractivity contribution is 6.10. The number of H-pyrrole nitrogens is 1. The zero-order valence-electron chi connectivity index (χ0n) is 10.1. The van der Waals surface area contributed by atoms with Crippen LogP contribution >= 0.6 is 0 Å². The van der Waals surface area contributed by atoms with Gasteiger partial charge >= 0.3 is 0 Å². The van der Waals surface area contributed by atoms with Crippen LogP contribution in [0.5, 0.6) is 17.2 Å². The number of carbonyl (C=O) groups is 1. The highest BCUT2D eigenvalue weighted by Crippen LogP contribution is 2.39. The lowest BCUT2D eigenvalue weighted by Gasteiger charge is -2.11. The van der Waals surface area contributed by atoms with Gasteiger partial charge in [0.05, 0.1) is 25.5 Å². The zero-order valence-corrected chi connectivity index (χ0v) is 10.1.